The summed E-state index contributed by atoms with van der Waals surface area (Å²) in [6.07, 6.45) is 0.831. The van der Waals surface area contributed by atoms with Gasteiger partial charge in [-0.1, -0.05) is 25.1 Å². The molecule has 16 heavy (non-hydrogen) atoms. The second kappa shape index (κ2) is 6.16. The molecule has 90 valence electrons. The van der Waals surface area contributed by atoms with Crippen LogP contribution in [-0.2, 0) is 16.6 Å². The predicted molar refractivity (Wildman–Crippen MR) is 70.9 cm³/mol. The Bertz CT molecular complexity index is 356. The van der Waals surface area contributed by atoms with Gasteiger partial charge in [0.25, 0.3) is 0 Å². The van der Waals surface area contributed by atoms with Crippen LogP contribution in [-0.4, -0.2) is 16.0 Å². The first-order valence-corrected chi connectivity index (χ1v) is 7.06. The van der Waals surface area contributed by atoms with Crippen molar-refractivity contribution in [3.8, 4) is 0 Å². The van der Waals surface area contributed by atoms with Crippen LogP contribution >= 0.6 is 0 Å². The van der Waals surface area contributed by atoms with E-state index in [0.717, 1.165) is 6.42 Å². The van der Waals surface area contributed by atoms with E-state index in [1.165, 1.54) is 16.7 Å². The lowest BCUT2D eigenvalue weighted by Gasteiger charge is -2.13. The zero-order chi connectivity index (χ0) is 12.1. The molecule has 2 atom stereocenters. The molecule has 1 rings (SSSR count). The van der Waals surface area contributed by atoms with Crippen molar-refractivity contribution in [2.24, 2.45) is 5.73 Å². The summed E-state index contributed by atoms with van der Waals surface area (Å²) >= 11 is 0. The van der Waals surface area contributed by atoms with E-state index in [2.05, 4.69) is 26.0 Å². The smallest absolute Gasteiger partial charge is 0.0493 e. The summed E-state index contributed by atoms with van der Waals surface area (Å²) in [6.45, 7) is 6.77. The molecule has 0 spiro atoms. The van der Waals surface area contributed by atoms with E-state index in [4.69, 9.17) is 5.73 Å². The Kier molecular flexibility index (Phi) is 5.16. The highest BCUT2D eigenvalue weighted by atomic mass is 32.2. The second-order valence-corrected chi connectivity index (χ2v) is 6.14. The SMILES string of the molecule is Cc1cccc(C)c1CS(=O)C(C)CCN. The summed E-state index contributed by atoms with van der Waals surface area (Å²) in [6, 6.07) is 6.20. The fourth-order valence-electron chi connectivity index (χ4n) is 1.73. The van der Waals surface area contributed by atoms with E-state index >= 15 is 0 Å². The average molecular weight is 239 g/mol. The molecule has 0 aliphatic rings. The molecular weight excluding hydrogens is 218 g/mol. The molecule has 0 heterocycles. The Morgan fingerprint density at radius 3 is 2.38 bits per heavy atom. The second-order valence-electron chi connectivity index (χ2n) is 4.28. The Balaban J connectivity index is 2.77. The van der Waals surface area contributed by atoms with Gasteiger partial charge in [-0.25, -0.2) is 0 Å². The molecule has 0 saturated carbocycles. The molecule has 0 radical (unpaired) electrons. The van der Waals surface area contributed by atoms with E-state index < -0.39 is 10.8 Å². The van der Waals surface area contributed by atoms with E-state index in [1.807, 2.05) is 13.0 Å². The van der Waals surface area contributed by atoms with Crippen molar-refractivity contribution in [3.63, 3.8) is 0 Å². The van der Waals surface area contributed by atoms with E-state index in [1.54, 1.807) is 0 Å². The summed E-state index contributed by atoms with van der Waals surface area (Å²) in [5, 5.41) is 0.184. The number of rotatable bonds is 5. The first-order chi connectivity index (χ1) is 7.56. The fourth-order valence-corrected chi connectivity index (χ4v) is 3.15. The lowest BCUT2D eigenvalue weighted by Crippen LogP contribution is -2.18. The van der Waals surface area contributed by atoms with Crippen LogP contribution in [0.4, 0.5) is 0 Å². The van der Waals surface area contributed by atoms with Crippen LogP contribution in [0.2, 0.25) is 0 Å². The minimum atomic E-state index is -0.816. The summed E-state index contributed by atoms with van der Waals surface area (Å²) in [5.74, 6) is 0.652. The number of aryl methyl sites for hydroxylation is 2. The van der Waals surface area contributed by atoms with Gasteiger partial charge in [-0.3, -0.25) is 4.21 Å². The molecule has 3 heteroatoms. The monoisotopic (exact) mass is 239 g/mol. The van der Waals surface area contributed by atoms with Crippen molar-refractivity contribution in [1.29, 1.82) is 0 Å². The summed E-state index contributed by atoms with van der Waals surface area (Å²) < 4.78 is 12.1. The maximum absolute atomic E-state index is 12.1. The third-order valence-corrected chi connectivity index (χ3v) is 4.66. The first-order valence-electron chi connectivity index (χ1n) is 5.68. The van der Waals surface area contributed by atoms with Gasteiger partial charge >= 0.3 is 0 Å². The molecule has 0 aliphatic carbocycles. The van der Waals surface area contributed by atoms with Crippen LogP contribution in [0.25, 0.3) is 0 Å². The topological polar surface area (TPSA) is 43.1 Å². The van der Waals surface area contributed by atoms with Crippen molar-refractivity contribution >= 4 is 10.8 Å². The number of benzene rings is 1. The zero-order valence-electron chi connectivity index (χ0n) is 10.3. The predicted octanol–water partition coefficient (Wildman–Crippen LogP) is 2.29. The zero-order valence-corrected chi connectivity index (χ0v) is 11.1. The number of nitrogens with two attached hydrogens (primary N) is 1. The quantitative estimate of drug-likeness (QED) is 0.856. The number of hydrogen-bond donors (Lipinski definition) is 1. The third kappa shape index (κ3) is 3.42. The summed E-state index contributed by atoms with van der Waals surface area (Å²) in [7, 11) is -0.816. The maximum atomic E-state index is 12.1. The summed E-state index contributed by atoms with van der Waals surface area (Å²) in [4.78, 5) is 0. The van der Waals surface area contributed by atoms with Gasteiger partial charge in [-0.2, -0.15) is 0 Å². The molecule has 1 aromatic rings. The lowest BCUT2D eigenvalue weighted by molar-refractivity contribution is 0.665. The van der Waals surface area contributed by atoms with Crippen molar-refractivity contribution in [2.45, 2.75) is 38.2 Å². The van der Waals surface area contributed by atoms with Crippen molar-refractivity contribution in [1.82, 2.24) is 0 Å². The molecule has 0 aliphatic heterocycles. The molecule has 0 fully saturated rings. The highest BCUT2D eigenvalue weighted by molar-refractivity contribution is 7.84. The first kappa shape index (κ1) is 13.4. The van der Waals surface area contributed by atoms with E-state index in [-0.39, 0.29) is 5.25 Å². The molecule has 2 N–H and O–H groups in total. The highest BCUT2D eigenvalue weighted by Gasteiger charge is 2.13. The van der Waals surface area contributed by atoms with Crippen LogP contribution in [0.15, 0.2) is 18.2 Å². The Hall–Kier alpha value is -0.670. The van der Waals surface area contributed by atoms with Gasteiger partial charge in [-0.05, 0) is 43.5 Å². The van der Waals surface area contributed by atoms with Gasteiger partial charge in [0, 0.05) is 21.8 Å². The molecule has 2 nitrogen and oxygen atoms in total. The Morgan fingerprint density at radius 2 is 1.88 bits per heavy atom. The van der Waals surface area contributed by atoms with Gasteiger partial charge in [0.15, 0.2) is 0 Å². The molecule has 0 saturated heterocycles. The van der Waals surface area contributed by atoms with Crippen molar-refractivity contribution < 1.29 is 4.21 Å². The van der Waals surface area contributed by atoms with E-state index in [0.29, 0.717) is 12.3 Å². The van der Waals surface area contributed by atoms with Crippen molar-refractivity contribution in [2.75, 3.05) is 6.54 Å². The van der Waals surface area contributed by atoms with Gasteiger partial charge in [0.1, 0.15) is 0 Å². The summed E-state index contributed by atoms with van der Waals surface area (Å²) in [5.41, 5.74) is 9.17. The standard InChI is InChI=1S/C13H21NOS/c1-10-5-4-6-11(2)13(10)9-16(15)12(3)7-8-14/h4-6,12H,7-9,14H2,1-3H3. The molecule has 2 unspecified atom stereocenters. The Labute approximate surface area is 101 Å². The molecular formula is C13H21NOS. The molecule has 1 aromatic carbocycles. The molecule has 0 aromatic heterocycles. The van der Waals surface area contributed by atoms with Gasteiger partial charge in [0.2, 0.25) is 0 Å². The maximum Gasteiger partial charge on any atom is 0.0493 e. The van der Waals surface area contributed by atoms with Crippen LogP contribution in [0.3, 0.4) is 0 Å². The minimum Gasteiger partial charge on any atom is -0.330 e. The lowest BCUT2D eigenvalue weighted by atomic mass is 10.1. The average Bonchev–Trinajstić information content (AvgIpc) is 2.23. The van der Waals surface area contributed by atoms with Crippen molar-refractivity contribution in [3.05, 3.63) is 34.9 Å². The molecule has 0 bridgehead atoms. The fraction of sp³-hybridized carbons (Fsp3) is 0.538. The van der Waals surface area contributed by atoms with Crippen LogP contribution in [0, 0.1) is 13.8 Å². The van der Waals surface area contributed by atoms with Gasteiger partial charge in [0.05, 0.1) is 0 Å². The van der Waals surface area contributed by atoms with Crippen LogP contribution in [0.1, 0.15) is 30.0 Å². The third-order valence-electron chi connectivity index (χ3n) is 2.95. The highest BCUT2D eigenvalue weighted by Crippen LogP contribution is 2.17. The normalized spacial score (nSPS) is 14.8. The van der Waals surface area contributed by atoms with Gasteiger partial charge < -0.3 is 5.73 Å². The van der Waals surface area contributed by atoms with Crippen LogP contribution in [0.5, 0.6) is 0 Å². The Morgan fingerprint density at radius 1 is 1.31 bits per heavy atom. The largest absolute Gasteiger partial charge is 0.330 e. The number of hydrogen-bond acceptors (Lipinski definition) is 2. The van der Waals surface area contributed by atoms with Gasteiger partial charge in [-0.15, -0.1) is 0 Å². The van der Waals surface area contributed by atoms with E-state index in [9.17, 15) is 4.21 Å². The minimum absolute atomic E-state index is 0.184. The molecule has 0 amide bonds. The van der Waals surface area contributed by atoms with Crippen LogP contribution < -0.4 is 5.73 Å².